The molecule has 3 rings (SSSR count). The van der Waals surface area contributed by atoms with Gasteiger partial charge in [0.15, 0.2) is 5.78 Å². The van der Waals surface area contributed by atoms with E-state index < -0.39 is 0 Å². The highest BCUT2D eigenvalue weighted by Crippen LogP contribution is 2.33. The second-order valence-electron chi connectivity index (χ2n) is 4.43. The molecule has 20 heavy (non-hydrogen) atoms. The Morgan fingerprint density at radius 2 is 1.85 bits per heavy atom. The van der Waals surface area contributed by atoms with Crippen LogP contribution < -0.4 is 5.32 Å². The second-order valence-corrected chi connectivity index (χ2v) is 4.87. The van der Waals surface area contributed by atoms with Crippen LogP contribution in [0, 0.1) is 0 Å². The monoisotopic (exact) mass is 283 g/mol. The molecule has 0 fully saturated rings. The van der Waals surface area contributed by atoms with Gasteiger partial charge in [-0.05, 0) is 24.3 Å². The standard InChI is InChI=1S/C16H10ClNO2/c17-11-6-7-14-12(8-11)13(16(20)18-14)9-15(19)10-4-2-1-3-5-10/h1-9H,(H,18,20)/b13-9-. The Kier molecular flexibility index (Phi) is 3.12. The van der Waals surface area contributed by atoms with Crippen molar-refractivity contribution < 1.29 is 9.59 Å². The minimum atomic E-state index is -0.286. The molecule has 4 heteroatoms. The molecule has 1 aliphatic heterocycles. The number of amides is 1. The van der Waals surface area contributed by atoms with E-state index in [-0.39, 0.29) is 11.7 Å². The molecule has 1 aliphatic rings. The summed E-state index contributed by atoms with van der Waals surface area (Å²) >= 11 is 5.94. The fourth-order valence-electron chi connectivity index (χ4n) is 2.12. The predicted octanol–water partition coefficient (Wildman–Crippen LogP) is 3.56. The summed E-state index contributed by atoms with van der Waals surface area (Å²) in [6.07, 6.45) is 1.35. The molecule has 0 radical (unpaired) electrons. The molecule has 3 nitrogen and oxygen atoms in total. The summed E-state index contributed by atoms with van der Waals surface area (Å²) in [4.78, 5) is 24.1. The van der Waals surface area contributed by atoms with Crippen LogP contribution in [-0.4, -0.2) is 11.7 Å². The van der Waals surface area contributed by atoms with Crippen molar-refractivity contribution in [3.05, 3.63) is 70.8 Å². The minimum absolute atomic E-state index is 0.205. The minimum Gasteiger partial charge on any atom is -0.321 e. The third kappa shape index (κ3) is 2.24. The molecule has 0 bridgehead atoms. The predicted molar refractivity (Wildman–Crippen MR) is 78.8 cm³/mol. The van der Waals surface area contributed by atoms with Gasteiger partial charge in [-0.25, -0.2) is 0 Å². The highest BCUT2D eigenvalue weighted by Gasteiger charge is 2.25. The molecule has 0 atom stereocenters. The van der Waals surface area contributed by atoms with Crippen molar-refractivity contribution in [2.75, 3.05) is 5.32 Å². The summed E-state index contributed by atoms with van der Waals surface area (Å²) in [7, 11) is 0. The average molecular weight is 284 g/mol. The number of allylic oxidation sites excluding steroid dienone is 1. The number of nitrogens with one attached hydrogen (secondary N) is 1. The van der Waals surface area contributed by atoms with Crippen molar-refractivity contribution in [1.82, 2.24) is 0 Å². The number of hydrogen-bond acceptors (Lipinski definition) is 2. The number of hydrogen-bond donors (Lipinski definition) is 1. The number of halogens is 1. The number of carbonyl (C=O) groups is 2. The molecule has 0 saturated heterocycles. The summed E-state index contributed by atoms with van der Waals surface area (Å²) in [5.41, 5.74) is 2.22. The summed E-state index contributed by atoms with van der Waals surface area (Å²) in [6.45, 7) is 0. The lowest BCUT2D eigenvalue weighted by atomic mass is 10.0. The van der Waals surface area contributed by atoms with Gasteiger partial charge in [-0.3, -0.25) is 9.59 Å². The molecular formula is C16H10ClNO2. The van der Waals surface area contributed by atoms with E-state index in [1.807, 2.05) is 6.07 Å². The van der Waals surface area contributed by atoms with Crippen molar-refractivity contribution in [3.63, 3.8) is 0 Å². The first-order chi connectivity index (χ1) is 9.65. The number of rotatable bonds is 2. The lowest BCUT2D eigenvalue weighted by Crippen LogP contribution is -2.05. The van der Waals surface area contributed by atoms with E-state index in [2.05, 4.69) is 5.32 Å². The molecule has 0 aliphatic carbocycles. The topological polar surface area (TPSA) is 46.2 Å². The molecule has 0 aromatic heterocycles. The summed E-state index contributed by atoms with van der Waals surface area (Å²) in [5.74, 6) is -0.491. The van der Waals surface area contributed by atoms with Crippen LogP contribution in [0.1, 0.15) is 15.9 Å². The smallest absolute Gasteiger partial charge is 0.256 e. The Balaban J connectivity index is 2.03. The van der Waals surface area contributed by atoms with Gasteiger partial charge in [0.05, 0.1) is 5.57 Å². The third-order valence-corrected chi connectivity index (χ3v) is 3.33. The van der Waals surface area contributed by atoms with Crippen LogP contribution in [0.15, 0.2) is 54.6 Å². The average Bonchev–Trinajstić information content (AvgIpc) is 2.76. The quantitative estimate of drug-likeness (QED) is 0.677. The fraction of sp³-hybridized carbons (Fsp3) is 0. The summed E-state index contributed by atoms with van der Waals surface area (Å²) in [5, 5.41) is 3.24. The molecule has 1 amide bonds. The van der Waals surface area contributed by atoms with Crippen LogP contribution in [0.4, 0.5) is 5.69 Å². The molecular weight excluding hydrogens is 274 g/mol. The molecule has 0 spiro atoms. The Morgan fingerprint density at radius 3 is 2.60 bits per heavy atom. The number of carbonyl (C=O) groups excluding carboxylic acids is 2. The van der Waals surface area contributed by atoms with Crippen LogP contribution in [0.3, 0.4) is 0 Å². The van der Waals surface area contributed by atoms with E-state index in [4.69, 9.17) is 11.6 Å². The van der Waals surface area contributed by atoms with Crippen LogP contribution in [0.25, 0.3) is 5.57 Å². The van der Waals surface area contributed by atoms with Crippen LogP contribution >= 0.6 is 11.6 Å². The summed E-state index contributed by atoms with van der Waals surface area (Å²) < 4.78 is 0. The summed E-state index contributed by atoms with van der Waals surface area (Å²) in [6, 6.07) is 13.9. The Hall–Kier alpha value is -2.39. The van der Waals surface area contributed by atoms with Crippen molar-refractivity contribution in [3.8, 4) is 0 Å². The largest absolute Gasteiger partial charge is 0.321 e. The van der Waals surface area contributed by atoms with E-state index in [9.17, 15) is 9.59 Å². The first-order valence-corrected chi connectivity index (χ1v) is 6.45. The van der Waals surface area contributed by atoms with E-state index in [0.29, 0.717) is 27.4 Å². The van der Waals surface area contributed by atoms with Gasteiger partial charge in [0.1, 0.15) is 0 Å². The van der Waals surface area contributed by atoms with E-state index in [1.165, 1.54) is 6.08 Å². The molecule has 1 N–H and O–H groups in total. The van der Waals surface area contributed by atoms with Crippen molar-refractivity contribution in [2.24, 2.45) is 0 Å². The van der Waals surface area contributed by atoms with Gasteiger partial charge in [0.25, 0.3) is 5.91 Å². The Morgan fingerprint density at radius 1 is 1.10 bits per heavy atom. The highest BCUT2D eigenvalue weighted by atomic mass is 35.5. The highest BCUT2D eigenvalue weighted by molar-refractivity contribution is 6.36. The molecule has 0 saturated carbocycles. The lowest BCUT2D eigenvalue weighted by Gasteiger charge is -1.99. The zero-order valence-electron chi connectivity index (χ0n) is 10.4. The molecule has 0 unspecified atom stereocenters. The zero-order chi connectivity index (χ0) is 14.1. The van der Waals surface area contributed by atoms with Crippen molar-refractivity contribution in [1.29, 1.82) is 0 Å². The van der Waals surface area contributed by atoms with E-state index in [1.54, 1.807) is 42.5 Å². The molecule has 1 heterocycles. The first kappa shape index (κ1) is 12.6. The van der Waals surface area contributed by atoms with Crippen LogP contribution in [0.5, 0.6) is 0 Å². The number of benzene rings is 2. The molecule has 2 aromatic carbocycles. The zero-order valence-corrected chi connectivity index (χ0v) is 11.1. The number of ketones is 1. The third-order valence-electron chi connectivity index (χ3n) is 3.10. The van der Waals surface area contributed by atoms with E-state index >= 15 is 0 Å². The second kappa shape index (κ2) is 4.94. The van der Waals surface area contributed by atoms with Crippen LogP contribution in [-0.2, 0) is 4.79 Å². The van der Waals surface area contributed by atoms with E-state index in [0.717, 1.165) is 0 Å². The normalized spacial score (nSPS) is 15.1. The van der Waals surface area contributed by atoms with Gasteiger partial charge < -0.3 is 5.32 Å². The molecule has 2 aromatic rings. The van der Waals surface area contributed by atoms with Crippen molar-refractivity contribution >= 4 is 34.6 Å². The molecule has 98 valence electrons. The lowest BCUT2D eigenvalue weighted by molar-refractivity contribution is -0.110. The maximum absolute atomic E-state index is 12.2. The van der Waals surface area contributed by atoms with Gasteiger partial charge in [0, 0.05) is 21.8 Å². The number of fused-ring (bicyclic) bond motifs is 1. The fourth-order valence-corrected chi connectivity index (χ4v) is 2.29. The van der Waals surface area contributed by atoms with Gasteiger partial charge in [-0.1, -0.05) is 41.9 Å². The van der Waals surface area contributed by atoms with Gasteiger partial charge >= 0.3 is 0 Å². The SMILES string of the molecule is O=C1Nc2ccc(Cl)cc2/C1=C/C(=O)c1ccccc1. The van der Waals surface area contributed by atoms with Crippen molar-refractivity contribution in [2.45, 2.75) is 0 Å². The van der Waals surface area contributed by atoms with Gasteiger partial charge in [-0.15, -0.1) is 0 Å². The number of anilines is 1. The van der Waals surface area contributed by atoms with Gasteiger partial charge in [-0.2, -0.15) is 0 Å². The maximum Gasteiger partial charge on any atom is 0.256 e. The Bertz CT molecular complexity index is 735. The van der Waals surface area contributed by atoms with Gasteiger partial charge in [0.2, 0.25) is 0 Å². The maximum atomic E-state index is 12.2. The Labute approximate surface area is 120 Å². The first-order valence-electron chi connectivity index (χ1n) is 6.07. The van der Waals surface area contributed by atoms with Crippen LogP contribution in [0.2, 0.25) is 5.02 Å².